The lowest BCUT2D eigenvalue weighted by atomic mass is 10.2. The molecule has 0 saturated heterocycles. The van der Waals surface area contributed by atoms with Crippen LogP contribution in [-0.2, 0) is 13.0 Å². The number of aromatic nitrogens is 2. The van der Waals surface area contributed by atoms with Crippen LogP contribution in [0, 0.1) is 0 Å². The fraction of sp³-hybridized carbons (Fsp3) is 0.192. The van der Waals surface area contributed by atoms with Crippen LogP contribution in [0.1, 0.15) is 36.7 Å². The second-order valence-electron chi connectivity index (χ2n) is 7.62. The minimum atomic E-state index is -0.197. The fourth-order valence-electron chi connectivity index (χ4n) is 3.38. The van der Waals surface area contributed by atoms with Crippen molar-refractivity contribution in [1.29, 1.82) is 0 Å². The number of hydrogen-bond donors (Lipinski definition) is 0. The van der Waals surface area contributed by atoms with E-state index in [-0.39, 0.29) is 5.56 Å². The SMILES string of the molecule is CCCCc1nc2ccc(Br)cc2c(=O)n1N=Cc1ccc(OCc2ccccc2)c(Cl)c1. The van der Waals surface area contributed by atoms with E-state index in [9.17, 15) is 4.79 Å². The van der Waals surface area contributed by atoms with Gasteiger partial charge in [-0.25, -0.2) is 4.98 Å². The highest BCUT2D eigenvalue weighted by atomic mass is 79.9. The maximum Gasteiger partial charge on any atom is 0.282 e. The first-order chi connectivity index (χ1) is 16.0. The molecular formula is C26H23BrClN3O2. The Balaban J connectivity index is 1.61. The van der Waals surface area contributed by atoms with Gasteiger partial charge in [-0.15, -0.1) is 0 Å². The van der Waals surface area contributed by atoms with Gasteiger partial charge in [0.2, 0.25) is 0 Å². The Morgan fingerprint density at radius 1 is 1.12 bits per heavy atom. The Bertz CT molecular complexity index is 1350. The van der Waals surface area contributed by atoms with Crippen molar-refractivity contribution < 1.29 is 4.74 Å². The smallest absolute Gasteiger partial charge is 0.282 e. The van der Waals surface area contributed by atoms with Gasteiger partial charge in [-0.1, -0.05) is 71.2 Å². The average Bonchev–Trinajstić information content (AvgIpc) is 2.83. The van der Waals surface area contributed by atoms with E-state index in [1.54, 1.807) is 18.3 Å². The number of hydrogen-bond acceptors (Lipinski definition) is 4. The monoisotopic (exact) mass is 523 g/mol. The van der Waals surface area contributed by atoms with Crippen LogP contribution in [0.3, 0.4) is 0 Å². The second kappa shape index (κ2) is 10.8. The number of unbranched alkanes of at least 4 members (excludes halogenated alkanes) is 1. The van der Waals surface area contributed by atoms with Crippen molar-refractivity contribution >= 4 is 44.6 Å². The molecular weight excluding hydrogens is 502 g/mol. The number of halogens is 2. The van der Waals surface area contributed by atoms with Gasteiger partial charge >= 0.3 is 0 Å². The van der Waals surface area contributed by atoms with E-state index >= 15 is 0 Å². The molecule has 0 aliphatic carbocycles. The molecule has 0 atom stereocenters. The molecule has 1 aromatic heterocycles. The standard InChI is InChI=1S/C26H23BrClN3O2/c1-2-3-9-25-30-23-12-11-20(27)15-21(23)26(32)31(25)29-16-19-10-13-24(22(28)14-19)33-17-18-7-5-4-6-8-18/h4-8,10-16H,2-3,9,17H2,1H3. The zero-order chi connectivity index (χ0) is 23.2. The van der Waals surface area contributed by atoms with Crippen molar-refractivity contribution in [2.24, 2.45) is 5.10 Å². The van der Waals surface area contributed by atoms with Gasteiger partial charge in [-0.3, -0.25) is 4.79 Å². The fourth-order valence-corrected chi connectivity index (χ4v) is 3.99. The largest absolute Gasteiger partial charge is 0.487 e. The Kier molecular flexibility index (Phi) is 7.57. The lowest BCUT2D eigenvalue weighted by Gasteiger charge is -2.10. The molecule has 0 amide bonds. The van der Waals surface area contributed by atoms with E-state index in [2.05, 4.69) is 28.0 Å². The summed E-state index contributed by atoms with van der Waals surface area (Å²) in [7, 11) is 0. The molecule has 0 aliphatic rings. The summed E-state index contributed by atoms with van der Waals surface area (Å²) in [6.45, 7) is 2.54. The Labute approximate surface area is 205 Å². The zero-order valence-electron chi connectivity index (χ0n) is 18.2. The maximum absolute atomic E-state index is 13.2. The van der Waals surface area contributed by atoms with Crippen molar-refractivity contribution in [3.8, 4) is 5.75 Å². The number of fused-ring (bicyclic) bond motifs is 1. The highest BCUT2D eigenvalue weighted by molar-refractivity contribution is 9.10. The third kappa shape index (κ3) is 5.70. The van der Waals surface area contributed by atoms with Crippen molar-refractivity contribution in [1.82, 2.24) is 9.66 Å². The van der Waals surface area contributed by atoms with E-state index < -0.39 is 0 Å². The summed E-state index contributed by atoms with van der Waals surface area (Å²) in [6.07, 6.45) is 4.21. The average molecular weight is 525 g/mol. The molecule has 4 aromatic rings. The highest BCUT2D eigenvalue weighted by Gasteiger charge is 2.11. The van der Waals surface area contributed by atoms with E-state index in [1.165, 1.54) is 4.68 Å². The second-order valence-corrected chi connectivity index (χ2v) is 8.94. The van der Waals surface area contributed by atoms with Crippen LogP contribution in [0.15, 0.2) is 81.1 Å². The molecule has 0 radical (unpaired) electrons. The van der Waals surface area contributed by atoms with E-state index in [4.69, 9.17) is 21.3 Å². The lowest BCUT2D eigenvalue weighted by molar-refractivity contribution is 0.306. The Morgan fingerprint density at radius 2 is 1.94 bits per heavy atom. The summed E-state index contributed by atoms with van der Waals surface area (Å²) in [5.41, 5.74) is 2.30. The van der Waals surface area contributed by atoms with Gasteiger partial charge in [-0.05, 0) is 53.9 Å². The van der Waals surface area contributed by atoms with Crippen LogP contribution in [-0.4, -0.2) is 15.9 Å². The van der Waals surface area contributed by atoms with Crippen molar-refractivity contribution in [2.75, 3.05) is 0 Å². The van der Waals surface area contributed by atoms with Gasteiger partial charge in [-0.2, -0.15) is 9.78 Å². The van der Waals surface area contributed by atoms with E-state index in [1.807, 2.05) is 54.6 Å². The summed E-state index contributed by atoms with van der Waals surface area (Å²) >= 11 is 9.86. The van der Waals surface area contributed by atoms with Gasteiger partial charge in [0.05, 0.1) is 22.1 Å². The molecule has 0 unspecified atom stereocenters. The number of ether oxygens (including phenoxy) is 1. The number of benzene rings is 3. The third-order valence-electron chi connectivity index (χ3n) is 5.14. The molecule has 1 heterocycles. The predicted molar refractivity (Wildman–Crippen MR) is 138 cm³/mol. The molecule has 3 aromatic carbocycles. The summed E-state index contributed by atoms with van der Waals surface area (Å²) in [6, 6.07) is 20.8. The minimum absolute atomic E-state index is 0.197. The van der Waals surface area contributed by atoms with Crippen LogP contribution >= 0.6 is 27.5 Å². The third-order valence-corrected chi connectivity index (χ3v) is 5.93. The Hall–Kier alpha value is -2.96. The van der Waals surface area contributed by atoms with Gasteiger partial charge < -0.3 is 4.74 Å². The first-order valence-electron chi connectivity index (χ1n) is 10.8. The summed E-state index contributed by atoms with van der Waals surface area (Å²) in [5, 5.41) is 5.47. The first kappa shape index (κ1) is 23.2. The van der Waals surface area contributed by atoms with Crippen molar-refractivity contribution in [3.05, 3.63) is 104 Å². The molecule has 0 spiro atoms. The molecule has 0 aliphatic heterocycles. The summed E-state index contributed by atoms with van der Waals surface area (Å²) in [5.74, 6) is 1.23. The Morgan fingerprint density at radius 3 is 2.70 bits per heavy atom. The van der Waals surface area contributed by atoms with Crippen LogP contribution in [0.4, 0.5) is 0 Å². The molecule has 5 nitrogen and oxygen atoms in total. The summed E-state index contributed by atoms with van der Waals surface area (Å²) < 4.78 is 8.05. The van der Waals surface area contributed by atoms with Crippen molar-refractivity contribution in [2.45, 2.75) is 32.8 Å². The van der Waals surface area contributed by atoms with Crippen LogP contribution in [0.5, 0.6) is 5.75 Å². The number of nitrogens with zero attached hydrogens (tertiary/aromatic N) is 3. The number of aryl methyl sites for hydroxylation is 1. The molecule has 4 rings (SSSR count). The summed E-state index contributed by atoms with van der Waals surface area (Å²) in [4.78, 5) is 17.9. The van der Waals surface area contributed by atoms with Gasteiger partial charge in [0.25, 0.3) is 5.56 Å². The normalized spacial score (nSPS) is 11.4. The van der Waals surface area contributed by atoms with Gasteiger partial charge in [0.1, 0.15) is 18.2 Å². The van der Waals surface area contributed by atoms with Crippen molar-refractivity contribution in [3.63, 3.8) is 0 Å². The molecule has 0 bridgehead atoms. The molecule has 0 saturated carbocycles. The highest BCUT2D eigenvalue weighted by Crippen LogP contribution is 2.26. The van der Waals surface area contributed by atoms with E-state index in [0.717, 1.165) is 28.4 Å². The van der Waals surface area contributed by atoms with Crippen LogP contribution < -0.4 is 10.3 Å². The first-order valence-corrected chi connectivity index (χ1v) is 11.9. The molecule has 7 heteroatoms. The number of rotatable bonds is 8. The quantitative estimate of drug-likeness (QED) is 0.244. The van der Waals surface area contributed by atoms with Gasteiger partial charge in [0, 0.05) is 10.9 Å². The van der Waals surface area contributed by atoms with Crippen LogP contribution in [0.25, 0.3) is 10.9 Å². The molecule has 168 valence electrons. The lowest BCUT2D eigenvalue weighted by Crippen LogP contribution is -2.22. The molecule has 0 fully saturated rings. The maximum atomic E-state index is 13.2. The zero-order valence-corrected chi connectivity index (χ0v) is 20.5. The molecule has 33 heavy (non-hydrogen) atoms. The van der Waals surface area contributed by atoms with Gasteiger partial charge in [0.15, 0.2) is 0 Å². The topological polar surface area (TPSA) is 56.5 Å². The minimum Gasteiger partial charge on any atom is -0.487 e. The molecule has 0 N–H and O–H groups in total. The van der Waals surface area contributed by atoms with Crippen LogP contribution in [0.2, 0.25) is 5.02 Å². The van der Waals surface area contributed by atoms with E-state index in [0.29, 0.717) is 40.5 Å². The predicted octanol–water partition coefficient (Wildman–Crippen LogP) is 6.62.